The summed E-state index contributed by atoms with van der Waals surface area (Å²) in [7, 11) is 0. The van der Waals surface area contributed by atoms with Crippen molar-refractivity contribution in [3.63, 3.8) is 0 Å². The van der Waals surface area contributed by atoms with E-state index in [0.717, 1.165) is 30.3 Å². The highest BCUT2D eigenvalue weighted by atomic mass is 16.3. The van der Waals surface area contributed by atoms with Crippen molar-refractivity contribution in [3.8, 4) is 11.5 Å². The number of unbranched alkanes of at least 4 members (excludes halogenated alkanes) is 2. The van der Waals surface area contributed by atoms with E-state index in [-0.39, 0.29) is 0 Å². The molecule has 0 bridgehead atoms. The Kier molecular flexibility index (Phi) is 9.04. The van der Waals surface area contributed by atoms with Crippen molar-refractivity contribution in [1.82, 2.24) is 20.5 Å². The van der Waals surface area contributed by atoms with Crippen LogP contribution in [0.3, 0.4) is 0 Å². The highest BCUT2D eigenvalue weighted by Gasteiger charge is 2.09. The van der Waals surface area contributed by atoms with Gasteiger partial charge < -0.3 is 20.0 Å². The van der Waals surface area contributed by atoms with E-state index in [0.29, 0.717) is 12.4 Å². The molecule has 2 aromatic rings. The van der Waals surface area contributed by atoms with Gasteiger partial charge in [0.2, 0.25) is 5.89 Å². The molecule has 0 spiro atoms. The first kappa shape index (κ1) is 21.4. The molecule has 0 saturated carbocycles. The molecule has 1 aliphatic rings. The molecule has 29 heavy (non-hydrogen) atoms. The van der Waals surface area contributed by atoms with Crippen LogP contribution >= 0.6 is 0 Å². The molecule has 3 rings (SSSR count). The van der Waals surface area contributed by atoms with Gasteiger partial charge in [-0.3, -0.25) is 0 Å². The van der Waals surface area contributed by atoms with Crippen LogP contribution in [0.5, 0.6) is 0 Å². The standard InChI is InChI=1S/C23H35N5O/c1-2-24-23(25-14-8-4-9-15-28-16-10-5-11-17-28)26-18-21-19-29-22(27-21)20-12-6-3-7-13-20/h3,6-7,12-13,19H,2,4-5,8-11,14-18H2,1H3,(H2,24,25,26). The molecular weight excluding hydrogens is 362 g/mol. The van der Waals surface area contributed by atoms with E-state index < -0.39 is 0 Å². The fraction of sp³-hybridized carbons (Fsp3) is 0.565. The van der Waals surface area contributed by atoms with Crippen LogP contribution in [0, 0.1) is 0 Å². The Balaban J connectivity index is 1.37. The molecule has 1 aromatic heterocycles. The summed E-state index contributed by atoms with van der Waals surface area (Å²) in [5.41, 5.74) is 1.82. The van der Waals surface area contributed by atoms with Gasteiger partial charge in [0, 0.05) is 18.7 Å². The molecule has 1 fully saturated rings. The molecule has 1 aliphatic heterocycles. The van der Waals surface area contributed by atoms with Crippen molar-refractivity contribution in [2.24, 2.45) is 4.99 Å². The molecule has 1 aromatic carbocycles. The Morgan fingerprint density at radius 1 is 1.07 bits per heavy atom. The maximum absolute atomic E-state index is 5.59. The highest BCUT2D eigenvalue weighted by molar-refractivity contribution is 5.79. The fourth-order valence-electron chi connectivity index (χ4n) is 3.62. The Hall–Kier alpha value is -2.34. The summed E-state index contributed by atoms with van der Waals surface area (Å²) in [6.07, 6.45) is 9.57. The maximum Gasteiger partial charge on any atom is 0.226 e. The van der Waals surface area contributed by atoms with E-state index in [1.165, 1.54) is 58.2 Å². The predicted molar refractivity (Wildman–Crippen MR) is 119 cm³/mol. The first-order valence-corrected chi connectivity index (χ1v) is 11.1. The van der Waals surface area contributed by atoms with E-state index in [9.17, 15) is 0 Å². The first-order chi connectivity index (χ1) is 14.3. The SMILES string of the molecule is CCNC(=NCc1coc(-c2ccccc2)n1)NCCCCCN1CCCCC1. The molecule has 2 heterocycles. The number of hydrogen-bond donors (Lipinski definition) is 2. The minimum Gasteiger partial charge on any atom is -0.444 e. The summed E-state index contributed by atoms with van der Waals surface area (Å²) in [6, 6.07) is 9.94. The zero-order valence-corrected chi connectivity index (χ0v) is 17.7. The zero-order chi connectivity index (χ0) is 20.2. The molecule has 0 unspecified atom stereocenters. The van der Waals surface area contributed by atoms with Crippen LogP contribution in [0.25, 0.3) is 11.5 Å². The lowest BCUT2D eigenvalue weighted by Gasteiger charge is -2.26. The first-order valence-electron chi connectivity index (χ1n) is 11.1. The molecule has 1 saturated heterocycles. The average Bonchev–Trinajstić information content (AvgIpc) is 3.25. The summed E-state index contributed by atoms with van der Waals surface area (Å²) < 4.78 is 5.59. The number of hydrogen-bond acceptors (Lipinski definition) is 4. The Morgan fingerprint density at radius 2 is 1.90 bits per heavy atom. The molecule has 6 heteroatoms. The van der Waals surface area contributed by atoms with Gasteiger partial charge in [-0.1, -0.05) is 31.0 Å². The second kappa shape index (κ2) is 12.3. The van der Waals surface area contributed by atoms with Gasteiger partial charge in [0.25, 0.3) is 0 Å². The van der Waals surface area contributed by atoms with Gasteiger partial charge >= 0.3 is 0 Å². The van der Waals surface area contributed by atoms with Crippen molar-refractivity contribution in [1.29, 1.82) is 0 Å². The summed E-state index contributed by atoms with van der Waals surface area (Å²) in [6.45, 7) is 8.21. The highest BCUT2D eigenvalue weighted by Crippen LogP contribution is 2.18. The lowest BCUT2D eigenvalue weighted by Crippen LogP contribution is -2.37. The normalized spacial score (nSPS) is 15.4. The van der Waals surface area contributed by atoms with Crippen LogP contribution in [0.4, 0.5) is 0 Å². The van der Waals surface area contributed by atoms with Gasteiger partial charge in [0.05, 0.1) is 6.54 Å². The lowest BCUT2D eigenvalue weighted by molar-refractivity contribution is 0.224. The lowest BCUT2D eigenvalue weighted by atomic mass is 10.1. The molecule has 0 amide bonds. The van der Waals surface area contributed by atoms with Crippen LogP contribution in [-0.4, -0.2) is 48.6 Å². The van der Waals surface area contributed by atoms with Crippen molar-refractivity contribution in [2.45, 2.75) is 52.0 Å². The average molecular weight is 398 g/mol. The number of oxazole rings is 1. The topological polar surface area (TPSA) is 65.7 Å². The summed E-state index contributed by atoms with van der Waals surface area (Å²) in [4.78, 5) is 11.8. The summed E-state index contributed by atoms with van der Waals surface area (Å²) >= 11 is 0. The molecule has 0 atom stereocenters. The van der Waals surface area contributed by atoms with Crippen molar-refractivity contribution < 1.29 is 4.42 Å². The minimum absolute atomic E-state index is 0.501. The summed E-state index contributed by atoms with van der Waals surface area (Å²) in [5, 5.41) is 6.74. The number of aromatic nitrogens is 1. The predicted octanol–water partition coefficient (Wildman–Crippen LogP) is 4.05. The third-order valence-corrected chi connectivity index (χ3v) is 5.21. The van der Waals surface area contributed by atoms with Gasteiger partial charge in [-0.15, -0.1) is 0 Å². The van der Waals surface area contributed by atoms with E-state index in [4.69, 9.17) is 4.42 Å². The van der Waals surface area contributed by atoms with Crippen LogP contribution in [0.2, 0.25) is 0 Å². The second-order valence-electron chi connectivity index (χ2n) is 7.59. The molecule has 158 valence electrons. The number of nitrogens with zero attached hydrogens (tertiary/aromatic N) is 3. The Labute approximate surface area is 174 Å². The van der Waals surface area contributed by atoms with Gasteiger partial charge in [-0.25, -0.2) is 9.98 Å². The number of guanidine groups is 1. The van der Waals surface area contributed by atoms with E-state index in [2.05, 4.69) is 32.4 Å². The maximum atomic E-state index is 5.59. The number of rotatable bonds is 10. The molecule has 0 radical (unpaired) electrons. The van der Waals surface area contributed by atoms with Crippen LogP contribution < -0.4 is 10.6 Å². The number of likely N-dealkylation sites (tertiary alicyclic amines) is 1. The van der Waals surface area contributed by atoms with Gasteiger partial charge in [0.15, 0.2) is 5.96 Å². The number of nitrogens with one attached hydrogen (secondary N) is 2. The fourth-order valence-corrected chi connectivity index (χ4v) is 3.62. The van der Waals surface area contributed by atoms with Gasteiger partial charge in [-0.2, -0.15) is 0 Å². The van der Waals surface area contributed by atoms with Crippen LogP contribution in [0.15, 0.2) is 46.0 Å². The van der Waals surface area contributed by atoms with E-state index in [1.54, 1.807) is 6.26 Å². The molecule has 2 N–H and O–H groups in total. The monoisotopic (exact) mass is 397 g/mol. The van der Waals surface area contributed by atoms with Gasteiger partial charge in [-0.05, 0) is 64.4 Å². The number of benzene rings is 1. The minimum atomic E-state index is 0.501. The second-order valence-corrected chi connectivity index (χ2v) is 7.59. The van der Waals surface area contributed by atoms with Crippen LogP contribution in [0.1, 0.15) is 51.1 Å². The van der Waals surface area contributed by atoms with Gasteiger partial charge in [0.1, 0.15) is 12.0 Å². The molecule has 0 aliphatic carbocycles. The summed E-state index contributed by atoms with van der Waals surface area (Å²) in [5.74, 6) is 1.48. The van der Waals surface area contributed by atoms with E-state index >= 15 is 0 Å². The number of piperidine rings is 1. The smallest absolute Gasteiger partial charge is 0.226 e. The largest absolute Gasteiger partial charge is 0.444 e. The third kappa shape index (κ3) is 7.54. The third-order valence-electron chi connectivity index (χ3n) is 5.21. The number of aliphatic imine (C=N–C) groups is 1. The zero-order valence-electron chi connectivity index (χ0n) is 17.7. The van der Waals surface area contributed by atoms with E-state index in [1.807, 2.05) is 30.3 Å². The quantitative estimate of drug-likeness (QED) is 0.360. The Bertz CT molecular complexity index is 722. The van der Waals surface area contributed by atoms with Crippen LogP contribution in [-0.2, 0) is 6.54 Å². The van der Waals surface area contributed by atoms with Crippen molar-refractivity contribution in [2.75, 3.05) is 32.7 Å². The van der Waals surface area contributed by atoms with Crippen molar-refractivity contribution in [3.05, 3.63) is 42.3 Å². The molecular formula is C23H35N5O. The Morgan fingerprint density at radius 3 is 2.69 bits per heavy atom. The van der Waals surface area contributed by atoms with Crippen molar-refractivity contribution >= 4 is 5.96 Å². The molecule has 6 nitrogen and oxygen atoms in total.